The van der Waals surface area contributed by atoms with Crippen molar-refractivity contribution in [3.8, 4) is 0 Å². The number of allylic oxidation sites excluding steroid dienone is 1. The molecule has 1 atom stereocenters. The van der Waals surface area contributed by atoms with E-state index in [9.17, 15) is 9.59 Å². The van der Waals surface area contributed by atoms with Gasteiger partial charge in [-0.15, -0.1) is 6.58 Å². The highest BCUT2D eigenvalue weighted by Gasteiger charge is 2.26. The summed E-state index contributed by atoms with van der Waals surface area (Å²) in [6, 6.07) is 7.33. The molecule has 3 amide bonds. The maximum atomic E-state index is 12.2. The monoisotopic (exact) mass is 330 g/mol. The Morgan fingerprint density at radius 3 is 2.92 bits per heavy atom. The van der Waals surface area contributed by atoms with E-state index in [1.165, 1.54) is 0 Å². The van der Waals surface area contributed by atoms with Crippen LogP contribution >= 0.6 is 0 Å². The van der Waals surface area contributed by atoms with Gasteiger partial charge in [-0.25, -0.2) is 4.79 Å². The molecule has 2 rings (SSSR count). The van der Waals surface area contributed by atoms with Crippen molar-refractivity contribution in [3.63, 3.8) is 0 Å². The van der Waals surface area contributed by atoms with Gasteiger partial charge in [0.25, 0.3) is 5.91 Å². The van der Waals surface area contributed by atoms with Crippen molar-refractivity contribution < 1.29 is 9.59 Å². The summed E-state index contributed by atoms with van der Waals surface area (Å²) in [4.78, 5) is 27.6. The topological polar surface area (TPSA) is 78.7 Å². The summed E-state index contributed by atoms with van der Waals surface area (Å²) >= 11 is 0. The number of nitrogens with two attached hydrogens (primary N) is 1. The molecule has 1 heterocycles. The molecule has 3 N–H and O–H groups in total. The van der Waals surface area contributed by atoms with E-state index in [1.807, 2.05) is 18.2 Å². The maximum Gasteiger partial charge on any atom is 0.317 e. The molecule has 6 heteroatoms. The Hall–Kier alpha value is -2.50. The van der Waals surface area contributed by atoms with Crippen LogP contribution in [0.25, 0.3) is 0 Å². The summed E-state index contributed by atoms with van der Waals surface area (Å²) in [5, 5.41) is 3.06. The Bertz CT molecular complexity index is 602. The van der Waals surface area contributed by atoms with E-state index in [2.05, 4.69) is 16.8 Å². The fourth-order valence-electron chi connectivity index (χ4n) is 2.91. The third kappa shape index (κ3) is 4.50. The molecule has 6 nitrogen and oxygen atoms in total. The Morgan fingerprint density at radius 2 is 2.21 bits per heavy atom. The zero-order valence-electron chi connectivity index (χ0n) is 14.2. The van der Waals surface area contributed by atoms with Gasteiger partial charge in [-0.1, -0.05) is 18.2 Å². The zero-order valence-corrected chi connectivity index (χ0v) is 14.2. The molecule has 0 aromatic heterocycles. The number of hydrogen-bond donors (Lipinski definition) is 2. The molecule has 1 aliphatic rings. The summed E-state index contributed by atoms with van der Waals surface area (Å²) in [5.74, 6) is -0.431. The molecule has 0 spiro atoms. The fourth-order valence-corrected chi connectivity index (χ4v) is 2.91. The fraction of sp³-hybridized carbons (Fsp3) is 0.444. The molecule has 0 radical (unpaired) electrons. The van der Waals surface area contributed by atoms with Crippen LogP contribution in [0.3, 0.4) is 0 Å². The third-order valence-corrected chi connectivity index (χ3v) is 4.27. The number of urea groups is 1. The van der Waals surface area contributed by atoms with E-state index >= 15 is 0 Å². The van der Waals surface area contributed by atoms with Gasteiger partial charge >= 0.3 is 6.03 Å². The van der Waals surface area contributed by atoms with E-state index in [0.29, 0.717) is 18.7 Å². The molecule has 1 aromatic carbocycles. The first-order valence-corrected chi connectivity index (χ1v) is 8.29. The highest BCUT2D eigenvalue weighted by molar-refractivity contribution is 5.98. The number of amides is 3. The Labute approximate surface area is 143 Å². The van der Waals surface area contributed by atoms with E-state index in [0.717, 1.165) is 31.5 Å². The quantitative estimate of drug-likeness (QED) is 0.593. The molecule has 0 bridgehead atoms. The molecular formula is C18H26N4O2. The number of carbonyl (C=O) groups excluding carboxylic acids is 2. The maximum absolute atomic E-state index is 12.2. The largest absolute Gasteiger partial charge is 0.369 e. The smallest absolute Gasteiger partial charge is 0.317 e. The van der Waals surface area contributed by atoms with Crippen LogP contribution in [0.4, 0.5) is 10.5 Å². The molecule has 0 unspecified atom stereocenters. The average Bonchev–Trinajstić information content (AvgIpc) is 3.03. The number of nitrogens with zero attached hydrogens (tertiary/aromatic N) is 2. The Morgan fingerprint density at radius 1 is 1.46 bits per heavy atom. The molecular weight excluding hydrogens is 304 g/mol. The SMILES string of the molecule is C=CCCCN(C)C(=O)N[C@@H]1CCN(c2ccccc2C(N)=O)C1. The number of primary amides is 1. The lowest BCUT2D eigenvalue weighted by molar-refractivity contribution is 0.100. The van der Waals surface area contributed by atoms with E-state index < -0.39 is 5.91 Å². The van der Waals surface area contributed by atoms with Crippen LogP contribution < -0.4 is 16.0 Å². The second kappa shape index (κ2) is 8.38. The van der Waals surface area contributed by atoms with Crippen LogP contribution in [0.2, 0.25) is 0 Å². The van der Waals surface area contributed by atoms with Crippen molar-refractivity contribution in [1.82, 2.24) is 10.2 Å². The zero-order chi connectivity index (χ0) is 17.5. The number of anilines is 1. The molecule has 0 saturated carbocycles. The van der Waals surface area contributed by atoms with Crippen LogP contribution in [-0.2, 0) is 0 Å². The number of rotatable bonds is 7. The van der Waals surface area contributed by atoms with Crippen LogP contribution in [-0.4, -0.2) is 49.6 Å². The normalized spacial score (nSPS) is 16.7. The Kier molecular flexibility index (Phi) is 6.23. The number of benzene rings is 1. The highest BCUT2D eigenvalue weighted by Crippen LogP contribution is 2.24. The first-order valence-electron chi connectivity index (χ1n) is 8.29. The number of carbonyl (C=O) groups is 2. The molecule has 24 heavy (non-hydrogen) atoms. The molecule has 1 saturated heterocycles. The minimum Gasteiger partial charge on any atom is -0.369 e. The standard InChI is InChI=1S/C18H26N4O2/c1-3-4-7-11-21(2)18(24)20-14-10-12-22(13-14)16-9-6-5-8-15(16)17(19)23/h3,5-6,8-9,14H,1,4,7,10-13H2,2H3,(H2,19,23)(H,20,24)/t14-/m1/s1. The van der Waals surface area contributed by atoms with Gasteiger partial charge in [0.1, 0.15) is 0 Å². The van der Waals surface area contributed by atoms with Gasteiger partial charge < -0.3 is 20.9 Å². The summed E-state index contributed by atoms with van der Waals surface area (Å²) in [7, 11) is 1.80. The van der Waals surface area contributed by atoms with Crippen molar-refractivity contribution in [1.29, 1.82) is 0 Å². The van der Waals surface area contributed by atoms with Crippen molar-refractivity contribution in [3.05, 3.63) is 42.5 Å². The summed E-state index contributed by atoms with van der Waals surface area (Å²) in [6.45, 7) is 5.86. The number of unbranched alkanes of at least 4 members (excludes halogenated alkanes) is 1. The van der Waals surface area contributed by atoms with Gasteiger partial charge in [-0.05, 0) is 31.4 Å². The minimum absolute atomic E-state index is 0.0610. The third-order valence-electron chi connectivity index (χ3n) is 4.27. The first-order chi connectivity index (χ1) is 11.5. The van der Waals surface area contributed by atoms with Gasteiger partial charge in [0.05, 0.1) is 5.56 Å². The highest BCUT2D eigenvalue weighted by atomic mass is 16.2. The first kappa shape index (κ1) is 17.8. The molecule has 1 fully saturated rings. The summed E-state index contributed by atoms with van der Waals surface area (Å²) in [5.41, 5.74) is 6.80. The van der Waals surface area contributed by atoms with Gasteiger partial charge in [0, 0.05) is 38.4 Å². The van der Waals surface area contributed by atoms with E-state index in [1.54, 1.807) is 24.1 Å². The van der Waals surface area contributed by atoms with E-state index in [4.69, 9.17) is 5.73 Å². The number of para-hydroxylation sites is 1. The lowest BCUT2D eigenvalue weighted by atomic mass is 10.1. The van der Waals surface area contributed by atoms with Crippen LogP contribution in [0, 0.1) is 0 Å². The average molecular weight is 330 g/mol. The second-order valence-corrected chi connectivity index (χ2v) is 6.11. The molecule has 1 aliphatic heterocycles. The minimum atomic E-state index is -0.431. The molecule has 1 aromatic rings. The van der Waals surface area contributed by atoms with E-state index in [-0.39, 0.29) is 12.1 Å². The predicted molar refractivity (Wildman–Crippen MR) is 96.2 cm³/mol. The Balaban J connectivity index is 1.90. The van der Waals surface area contributed by atoms with Crippen LogP contribution in [0.1, 0.15) is 29.6 Å². The number of hydrogen-bond acceptors (Lipinski definition) is 3. The van der Waals surface area contributed by atoms with Gasteiger partial charge in [0.15, 0.2) is 0 Å². The summed E-state index contributed by atoms with van der Waals surface area (Å²) < 4.78 is 0. The lowest BCUT2D eigenvalue weighted by Gasteiger charge is -2.23. The van der Waals surface area contributed by atoms with Crippen molar-refractivity contribution >= 4 is 17.6 Å². The van der Waals surface area contributed by atoms with Crippen molar-refractivity contribution in [2.75, 3.05) is 31.6 Å². The number of nitrogens with one attached hydrogen (secondary N) is 1. The molecule has 130 valence electrons. The predicted octanol–water partition coefficient (Wildman–Crippen LogP) is 1.97. The van der Waals surface area contributed by atoms with Crippen molar-refractivity contribution in [2.45, 2.75) is 25.3 Å². The van der Waals surface area contributed by atoms with Gasteiger partial charge in [-0.2, -0.15) is 0 Å². The van der Waals surface area contributed by atoms with Gasteiger partial charge in [0.2, 0.25) is 0 Å². The van der Waals surface area contributed by atoms with Crippen LogP contribution in [0.15, 0.2) is 36.9 Å². The molecule has 0 aliphatic carbocycles. The second-order valence-electron chi connectivity index (χ2n) is 6.11. The lowest BCUT2D eigenvalue weighted by Crippen LogP contribution is -2.44. The van der Waals surface area contributed by atoms with Crippen LogP contribution in [0.5, 0.6) is 0 Å². The summed E-state index contributed by atoms with van der Waals surface area (Å²) in [6.07, 6.45) is 4.52. The van der Waals surface area contributed by atoms with Crippen molar-refractivity contribution in [2.24, 2.45) is 5.73 Å². The van der Waals surface area contributed by atoms with Gasteiger partial charge in [-0.3, -0.25) is 4.79 Å².